The molecule has 1 N–H and O–H groups in total. The number of nitrogens with zero attached hydrogens (tertiary/aromatic N) is 1. The number of amides is 1. The summed E-state index contributed by atoms with van der Waals surface area (Å²) >= 11 is 9.31. The molecule has 112 valence electrons. The summed E-state index contributed by atoms with van der Waals surface area (Å²) in [5.74, 6) is 0.762. The molecular formula is C16H13ClN2OS2. The first-order valence-corrected chi connectivity index (χ1v) is 8.83. The highest BCUT2D eigenvalue weighted by Crippen LogP contribution is 2.33. The topological polar surface area (TPSA) is 42.0 Å². The van der Waals surface area contributed by atoms with Crippen molar-refractivity contribution >= 4 is 56.5 Å². The van der Waals surface area contributed by atoms with Crippen LogP contribution in [-0.4, -0.2) is 10.9 Å². The first kappa shape index (κ1) is 15.3. The molecule has 1 aromatic heterocycles. The fourth-order valence-electron chi connectivity index (χ4n) is 2.02. The standard InChI is InChI=1S/C16H13ClN2OS2/c1-10(20)18-13-5-6-14-15(8-13)22-16(19-14)21-9-11-3-2-4-12(17)7-11/h2-8H,9H2,1H3,(H,18,20). The summed E-state index contributed by atoms with van der Waals surface area (Å²) in [4.78, 5) is 15.7. The van der Waals surface area contributed by atoms with E-state index in [9.17, 15) is 4.79 Å². The van der Waals surface area contributed by atoms with Crippen LogP contribution in [0.25, 0.3) is 10.2 Å². The lowest BCUT2D eigenvalue weighted by atomic mass is 10.2. The van der Waals surface area contributed by atoms with Crippen LogP contribution in [0.2, 0.25) is 5.02 Å². The minimum Gasteiger partial charge on any atom is -0.326 e. The number of carbonyl (C=O) groups is 1. The molecule has 0 aliphatic carbocycles. The highest BCUT2D eigenvalue weighted by molar-refractivity contribution is 8.00. The van der Waals surface area contributed by atoms with Gasteiger partial charge in [0.1, 0.15) is 0 Å². The van der Waals surface area contributed by atoms with Gasteiger partial charge in [0.05, 0.1) is 10.2 Å². The molecule has 22 heavy (non-hydrogen) atoms. The Morgan fingerprint density at radius 3 is 2.95 bits per heavy atom. The van der Waals surface area contributed by atoms with Gasteiger partial charge < -0.3 is 5.32 Å². The zero-order valence-corrected chi connectivity index (χ0v) is 14.2. The Bertz CT molecular complexity index is 832. The molecule has 0 unspecified atom stereocenters. The number of thiazole rings is 1. The van der Waals surface area contributed by atoms with Crippen LogP contribution in [0.3, 0.4) is 0 Å². The molecule has 0 fully saturated rings. The summed E-state index contributed by atoms with van der Waals surface area (Å²) in [6.45, 7) is 1.50. The van der Waals surface area contributed by atoms with E-state index in [-0.39, 0.29) is 5.91 Å². The van der Waals surface area contributed by atoms with Crippen molar-refractivity contribution in [3.05, 3.63) is 53.1 Å². The highest BCUT2D eigenvalue weighted by atomic mass is 35.5. The van der Waals surface area contributed by atoms with Crippen molar-refractivity contribution in [2.45, 2.75) is 17.0 Å². The minimum atomic E-state index is -0.0700. The van der Waals surface area contributed by atoms with Crippen LogP contribution in [0, 0.1) is 0 Å². The average molecular weight is 349 g/mol. The van der Waals surface area contributed by atoms with Crippen LogP contribution in [0.4, 0.5) is 5.69 Å². The number of rotatable bonds is 4. The largest absolute Gasteiger partial charge is 0.326 e. The Balaban J connectivity index is 1.75. The molecule has 0 radical (unpaired) electrons. The van der Waals surface area contributed by atoms with Gasteiger partial charge in [-0.05, 0) is 35.9 Å². The van der Waals surface area contributed by atoms with Crippen LogP contribution in [0.1, 0.15) is 12.5 Å². The second-order valence-electron chi connectivity index (χ2n) is 4.76. The Kier molecular flexibility index (Phi) is 4.66. The number of aromatic nitrogens is 1. The maximum atomic E-state index is 11.1. The van der Waals surface area contributed by atoms with Gasteiger partial charge in [-0.15, -0.1) is 11.3 Å². The van der Waals surface area contributed by atoms with Crippen LogP contribution < -0.4 is 5.32 Å². The van der Waals surface area contributed by atoms with Gasteiger partial charge in [-0.25, -0.2) is 4.98 Å². The van der Waals surface area contributed by atoms with Gasteiger partial charge in [0.2, 0.25) is 5.91 Å². The van der Waals surface area contributed by atoms with E-state index in [1.165, 1.54) is 12.5 Å². The smallest absolute Gasteiger partial charge is 0.221 e. The summed E-state index contributed by atoms with van der Waals surface area (Å²) < 4.78 is 2.08. The van der Waals surface area contributed by atoms with E-state index in [0.717, 1.165) is 31.0 Å². The van der Waals surface area contributed by atoms with Gasteiger partial charge in [0.25, 0.3) is 0 Å². The van der Waals surface area contributed by atoms with Gasteiger partial charge in [-0.3, -0.25) is 4.79 Å². The number of hydrogen-bond acceptors (Lipinski definition) is 4. The fourth-order valence-corrected chi connectivity index (χ4v) is 4.28. The third-order valence-corrected chi connectivity index (χ3v) is 5.41. The molecule has 0 aliphatic rings. The maximum absolute atomic E-state index is 11.1. The Labute approximate surface area is 141 Å². The van der Waals surface area contributed by atoms with Gasteiger partial charge in [0.15, 0.2) is 4.34 Å². The van der Waals surface area contributed by atoms with Gasteiger partial charge in [-0.2, -0.15) is 0 Å². The first-order valence-electron chi connectivity index (χ1n) is 6.65. The number of nitrogens with one attached hydrogen (secondary N) is 1. The lowest BCUT2D eigenvalue weighted by molar-refractivity contribution is -0.114. The Hall–Kier alpha value is -1.56. The zero-order valence-electron chi connectivity index (χ0n) is 11.8. The first-order chi connectivity index (χ1) is 10.6. The fraction of sp³-hybridized carbons (Fsp3) is 0.125. The molecule has 3 rings (SSSR count). The average Bonchev–Trinajstić information content (AvgIpc) is 2.87. The third kappa shape index (κ3) is 3.80. The van der Waals surface area contributed by atoms with Crippen molar-refractivity contribution in [3.63, 3.8) is 0 Å². The molecule has 6 heteroatoms. The van der Waals surface area contributed by atoms with Crippen LogP contribution in [0.5, 0.6) is 0 Å². The number of halogens is 1. The molecule has 0 bridgehead atoms. The number of fused-ring (bicyclic) bond motifs is 1. The molecule has 1 amide bonds. The predicted molar refractivity (Wildman–Crippen MR) is 94.9 cm³/mol. The summed E-state index contributed by atoms with van der Waals surface area (Å²) in [5.41, 5.74) is 2.93. The molecule has 0 atom stereocenters. The summed E-state index contributed by atoms with van der Waals surface area (Å²) in [5, 5.41) is 3.54. The number of hydrogen-bond donors (Lipinski definition) is 1. The van der Waals surface area contributed by atoms with Crippen molar-refractivity contribution in [2.75, 3.05) is 5.32 Å². The van der Waals surface area contributed by atoms with Gasteiger partial charge >= 0.3 is 0 Å². The monoisotopic (exact) mass is 348 g/mol. The van der Waals surface area contributed by atoms with Gasteiger partial charge in [0, 0.05) is 23.4 Å². The lowest BCUT2D eigenvalue weighted by Gasteiger charge is -1.99. The predicted octanol–water partition coefficient (Wildman–Crippen LogP) is 5.20. The van der Waals surface area contributed by atoms with Crippen molar-refractivity contribution in [1.29, 1.82) is 0 Å². The molecule has 3 nitrogen and oxygen atoms in total. The maximum Gasteiger partial charge on any atom is 0.221 e. The Morgan fingerprint density at radius 2 is 2.18 bits per heavy atom. The molecule has 2 aromatic carbocycles. The lowest BCUT2D eigenvalue weighted by Crippen LogP contribution is -2.05. The van der Waals surface area contributed by atoms with Crippen LogP contribution in [-0.2, 0) is 10.5 Å². The molecule has 0 saturated carbocycles. The van der Waals surface area contributed by atoms with E-state index in [0.29, 0.717) is 0 Å². The van der Waals surface area contributed by atoms with E-state index < -0.39 is 0 Å². The number of thioether (sulfide) groups is 1. The second-order valence-corrected chi connectivity index (χ2v) is 7.45. The third-order valence-electron chi connectivity index (χ3n) is 2.94. The van der Waals surface area contributed by atoms with E-state index in [1.807, 2.05) is 36.4 Å². The highest BCUT2D eigenvalue weighted by Gasteiger charge is 2.06. The van der Waals surface area contributed by atoms with E-state index in [4.69, 9.17) is 11.6 Å². The minimum absolute atomic E-state index is 0.0700. The number of benzene rings is 2. The number of carbonyl (C=O) groups excluding carboxylic acids is 1. The zero-order chi connectivity index (χ0) is 15.5. The Morgan fingerprint density at radius 1 is 1.32 bits per heavy atom. The van der Waals surface area contributed by atoms with E-state index in [1.54, 1.807) is 23.1 Å². The molecule has 3 aromatic rings. The molecule has 0 saturated heterocycles. The molecule has 0 aliphatic heterocycles. The number of anilines is 1. The quantitative estimate of drug-likeness (QED) is 0.659. The second kappa shape index (κ2) is 6.69. The van der Waals surface area contributed by atoms with Crippen molar-refractivity contribution < 1.29 is 4.79 Å². The molecular weight excluding hydrogens is 336 g/mol. The molecule has 1 heterocycles. The van der Waals surface area contributed by atoms with Crippen molar-refractivity contribution in [3.8, 4) is 0 Å². The van der Waals surface area contributed by atoms with Crippen molar-refractivity contribution in [2.24, 2.45) is 0 Å². The summed E-state index contributed by atoms with van der Waals surface area (Å²) in [6.07, 6.45) is 0. The molecule has 0 spiro atoms. The van der Waals surface area contributed by atoms with E-state index >= 15 is 0 Å². The van der Waals surface area contributed by atoms with Crippen molar-refractivity contribution in [1.82, 2.24) is 4.98 Å². The normalized spacial score (nSPS) is 10.8. The summed E-state index contributed by atoms with van der Waals surface area (Å²) in [7, 11) is 0. The van der Waals surface area contributed by atoms with Crippen LogP contribution in [0.15, 0.2) is 46.8 Å². The van der Waals surface area contributed by atoms with Gasteiger partial charge in [-0.1, -0.05) is 35.5 Å². The van der Waals surface area contributed by atoms with E-state index in [2.05, 4.69) is 16.4 Å². The summed E-state index contributed by atoms with van der Waals surface area (Å²) in [6, 6.07) is 13.6. The SMILES string of the molecule is CC(=O)Nc1ccc2nc(SCc3cccc(Cl)c3)sc2c1. The van der Waals surface area contributed by atoms with Crippen LogP contribution >= 0.6 is 34.7 Å².